The number of rotatable bonds is 3. The summed E-state index contributed by atoms with van der Waals surface area (Å²) in [4.78, 5) is 14.6. The van der Waals surface area contributed by atoms with Crippen LogP contribution in [0, 0.1) is 11.8 Å². The first-order chi connectivity index (χ1) is 9.15. The summed E-state index contributed by atoms with van der Waals surface area (Å²) in [6.45, 7) is 7.05. The third kappa shape index (κ3) is 3.48. The summed E-state index contributed by atoms with van der Waals surface area (Å²) in [5, 5.41) is 3.39. The van der Waals surface area contributed by atoms with Crippen LogP contribution in [-0.4, -0.2) is 49.7 Å². The molecule has 0 aromatic heterocycles. The van der Waals surface area contributed by atoms with Gasteiger partial charge in [0.1, 0.15) is 0 Å². The summed E-state index contributed by atoms with van der Waals surface area (Å²) in [5.41, 5.74) is 0. The fourth-order valence-electron chi connectivity index (χ4n) is 3.32. The van der Waals surface area contributed by atoms with Crippen molar-refractivity contribution in [2.45, 2.75) is 51.7 Å². The van der Waals surface area contributed by atoms with Crippen LogP contribution in [0.4, 0.5) is 0 Å². The van der Waals surface area contributed by atoms with E-state index in [1.54, 1.807) is 7.11 Å². The molecule has 2 heterocycles. The van der Waals surface area contributed by atoms with Crippen LogP contribution < -0.4 is 5.32 Å². The SMILES string of the molecule is CCC1CCNC(C(=O)N2CCC(C)C(OC)C2)C1. The predicted octanol–water partition coefficient (Wildman–Crippen LogP) is 1.65. The van der Waals surface area contributed by atoms with E-state index >= 15 is 0 Å². The van der Waals surface area contributed by atoms with Crippen LogP contribution in [-0.2, 0) is 9.53 Å². The van der Waals surface area contributed by atoms with Gasteiger partial charge in [0.2, 0.25) is 5.91 Å². The molecule has 19 heavy (non-hydrogen) atoms. The van der Waals surface area contributed by atoms with Crippen LogP contribution in [0.3, 0.4) is 0 Å². The molecule has 2 aliphatic heterocycles. The molecule has 1 amide bonds. The van der Waals surface area contributed by atoms with E-state index in [0.29, 0.717) is 11.8 Å². The number of hydrogen-bond acceptors (Lipinski definition) is 3. The minimum Gasteiger partial charge on any atom is -0.379 e. The number of nitrogens with zero attached hydrogens (tertiary/aromatic N) is 1. The molecule has 2 fully saturated rings. The van der Waals surface area contributed by atoms with Gasteiger partial charge in [0.15, 0.2) is 0 Å². The molecular weight excluding hydrogens is 240 g/mol. The molecule has 0 aromatic rings. The first-order valence-electron chi connectivity index (χ1n) is 7.70. The van der Waals surface area contributed by atoms with Gasteiger partial charge in [-0.3, -0.25) is 4.79 Å². The molecular formula is C15H28N2O2. The zero-order valence-corrected chi connectivity index (χ0v) is 12.5. The van der Waals surface area contributed by atoms with Crippen LogP contribution in [0.2, 0.25) is 0 Å². The molecule has 2 aliphatic rings. The van der Waals surface area contributed by atoms with E-state index in [4.69, 9.17) is 4.74 Å². The van der Waals surface area contributed by atoms with Crippen molar-refractivity contribution >= 4 is 5.91 Å². The number of carbonyl (C=O) groups excluding carboxylic acids is 1. The summed E-state index contributed by atoms with van der Waals surface area (Å²) in [6.07, 6.45) is 4.64. The van der Waals surface area contributed by atoms with E-state index in [-0.39, 0.29) is 18.1 Å². The molecule has 0 radical (unpaired) electrons. The lowest BCUT2D eigenvalue weighted by Gasteiger charge is -2.39. The average molecular weight is 268 g/mol. The van der Waals surface area contributed by atoms with Gasteiger partial charge in [0.05, 0.1) is 12.1 Å². The van der Waals surface area contributed by atoms with E-state index in [2.05, 4.69) is 19.2 Å². The van der Waals surface area contributed by atoms with Crippen LogP contribution in [0.1, 0.15) is 39.5 Å². The lowest BCUT2D eigenvalue weighted by atomic mass is 9.89. The van der Waals surface area contributed by atoms with Crippen molar-refractivity contribution in [3.63, 3.8) is 0 Å². The molecule has 4 unspecified atom stereocenters. The Morgan fingerprint density at radius 2 is 2.21 bits per heavy atom. The van der Waals surface area contributed by atoms with E-state index < -0.39 is 0 Å². The first kappa shape index (κ1) is 14.8. The number of carbonyl (C=O) groups is 1. The fraction of sp³-hybridized carbons (Fsp3) is 0.933. The second-order valence-corrected chi connectivity index (χ2v) is 6.13. The van der Waals surface area contributed by atoms with Crippen molar-refractivity contribution < 1.29 is 9.53 Å². The number of hydrogen-bond donors (Lipinski definition) is 1. The summed E-state index contributed by atoms with van der Waals surface area (Å²) in [6, 6.07) is 0.0320. The van der Waals surface area contributed by atoms with Gasteiger partial charge in [-0.05, 0) is 37.6 Å². The Balaban J connectivity index is 1.92. The number of nitrogens with one attached hydrogen (secondary N) is 1. The van der Waals surface area contributed by atoms with Gasteiger partial charge in [-0.1, -0.05) is 20.3 Å². The summed E-state index contributed by atoms with van der Waals surface area (Å²) in [5.74, 6) is 1.54. The number of ether oxygens (including phenoxy) is 1. The van der Waals surface area contributed by atoms with Gasteiger partial charge < -0.3 is 15.0 Å². The number of likely N-dealkylation sites (tertiary alicyclic amines) is 1. The van der Waals surface area contributed by atoms with E-state index in [1.165, 1.54) is 12.8 Å². The third-order valence-electron chi connectivity index (χ3n) is 4.89. The third-order valence-corrected chi connectivity index (χ3v) is 4.89. The molecule has 4 atom stereocenters. The van der Waals surface area contributed by atoms with E-state index in [9.17, 15) is 4.79 Å². The van der Waals surface area contributed by atoms with Crippen molar-refractivity contribution in [1.82, 2.24) is 10.2 Å². The van der Waals surface area contributed by atoms with Crippen LogP contribution in [0.25, 0.3) is 0 Å². The van der Waals surface area contributed by atoms with Crippen LogP contribution in [0.15, 0.2) is 0 Å². The van der Waals surface area contributed by atoms with Crippen molar-refractivity contribution in [3.8, 4) is 0 Å². The Kier molecular flexibility index (Phi) is 5.22. The fourth-order valence-corrected chi connectivity index (χ4v) is 3.32. The van der Waals surface area contributed by atoms with Crippen molar-refractivity contribution in [2.24, 2.45) is 11.8 Å². The Hall–Kier alpha value is -0.610. The Bertz CT molecular complexity index is 309. The van der Waals surface area contributed by atoms with Gasteiger partial charge in [0, 0.05) is 20.2 Å². The maximum Gasteiger partial charge on any atom is 0.239 e. The molecule has 110 valence electrons. The maximum absolute atomic E-state index is 12.6. The minimum atomic E-state index is 0.0320. The van der Waals surface area contributed by atoms with Gasteiger partial charge in [0.25, 0.3) is 0 Å². The molecule has 4 nitrogen and oxygen atoms in total. The molecule has 2 rings (SSSR count). The highest BCUT2D eigenvalue weighted by Gasteiger charge is 2.34. The second-order valence-electron chi connectivity index (χ2n) is 6.13. The largest absolute Gasteiger partial charge is 0.379 e. The number of amides is 1. The highest BCUT2D eigenvalue weighted by atomic mass is 16.5. The van der Waals surface area contributed by atoms with Crippen molar-refractivity contribution in [1.29, 1.82) is 0 Å². The minimum absolute atomic E-state index is 0.0320. The molecule has 1 N–H and O–H groups in total. The molecule has 2 saturated heterocycles. The molecule has 0 aromatic carbocycles. The molecule has 4 heteroatoms. The summed E-state index contributed by atoms with van der Waals surface area (Å²) >= 11 is 0. The van der Waals surface area contributed by atoms with Gasteiger partial charge in [-0.15, -0.1) is 0 Å². The number of methoxy groups -OCH3 is 1. The maximum atomic E-state index is 12.6. The van der Waals surface area contributed by atoms with Crippen molar-refractivity contribution in [2.75, 3.05) is 26.7 Å². The molecule has 0 spiro atoms. The Labute approximate surface area is 116 Å². The molecule has 0 saturated carbocycles. The van der Waals surface area contributed by atoms with Gasteiger partial charge in [-0.2, -0.15) is 0 Å². The highest BCUT2D eigenvalue weighted by Crippen LogP contribution is 2.24. The van der Waals surface area contributed by atoms with Gasteiger partial charge >= 0.3 is 0 Å². The molecule has 0 bridgehead atoms. The second kappa shape index (κ2) is 6.71. The highest BCUT2D eigenvalue weighted by molar-refractivity contribution is 5.82. The molecule has 0 aliphatic carbocycles. The summed E-state index contributed by atoms with van der Waals surface area (Å²) < 4.78 is 5.50. The van der Waals surface area contributed by atoms with Gasteiger partial charge in [-0.25, -0.2) is 0 Å². The van der Waals surface area contributed by atoms with Crippen molar-refractivity contribution in [3.05, 3.63) is 0 Å². The Morgan fingerprint density at radius 1 is 1.42 bits per heavy atom. The number of piperidine rings is 2. The predicted molar refractivity (Wildman–Crippen MR) is 76.0 cm³/mol. The zero-order chi connectivity index (χ0) is 13.8. The standard InChI is InChI=1S/C15H28N2O2/c1-4-12-5-7-16-13(9-12)15(18)17-8-6-11(2)14(10-17)19-3/h11-14,16H,4-10H2,1-3H3. The lowest BCUT2D eigenvalue weighted by molar-refractivity contribution is -0.139. The average Bonchev–Trinajstić information content (AvgIpc) is 2.47. The van der Waals surface area contributed by atoms with E-state index in [0.717, 1.165) is 32.5 Å². The van der Waals surface area contributed by atoms with Crippen LogP contribution >= 0.6 is 0 Å². The smallest absolute Gasteiger partial charge is 0.239 e. The van der Waals surface area contributed by atoms with Crippen LogP contribution in [0.5, 0.6) is 0 Å². The van der Waals surface area contributed by atoms with E-state index in [1.807, 2.05) is 4.90 Å². The normalized spacial score (nSPS) is 36.3. The lowest BCUT2D eigenvalue weighted by Crippen LogP contribution is -2.54. The monoisotopic (exact) mass is 268 g/mol. The Morgan fingerprint density at radius 3 is 2.89 bits per heavy atom. The summed E-state index contributed by atoms with van der Waals surface area (Å²) in [7, 11) is 1.75. The topological polar surface area (TPSA) is 41.6 Å². The zero-order valence-electron chi connectivity index (χ0n) is 12.5. The quantitative estimate of drug-likeness (QED) is 0.846. The first-order valence-corrected chi connectivity index (χ1v) is 7.70.